The summed E-state index contributed by atoms with van der Waals surface area (Å²) in [6.07, 6.45) is 6.26. The molecule has 4 aromatic rings. The molecule has 0 radical (unpaired) electrons. The van der Waals surface area contributed by atoms with Gasteiger partial charge < -0.3 is 14.4 Å². The van der Waals surface area contributed by atoms with Crippen LogP contribution in [0.25, 0.3) is 0 Å². The van der Waals surface area contributed by atoms with Crippen LogP contribution < -0.4 is 21.2 Å². The topological polar surface area (TPSA) is 0 Å². The van der Waals surface area contributed by atoms with Gasteiger partial charge in [-0.1, -0.05) is 100.0 Å². The zero-order valence-electron chi connectivity index (χ0n) is 24.3. The van der Waals surface area contributed by atoms with E-state index in [9.17, 15) is 0 Å². The van der Waals surface area contributed by atoms with E-state index in [0.717, 1.165) is 18.3 Å². The number of rotatable bonds is 11. The van der Waals surface area contributed by atoms with Crippen LogP contribution in [-0.2, 0) is 19.5 Å². The maximum absolute atomic E-state index is 3.83. The molecule has 0 heterocycles. The molecule has 1 unspecified atom stereocenters. The summed E-state index contributed by atoms with van der Waals surface area (Å²) in [7, 11) is -1.57. The van der Waals surface area contributed by atoms with Crippen molar-refractivity contribution in [3.05, 3.63) is 136 Å². The van der Waals surface area contributed by atoms with E-state index in [4.69, 9.17) is 0 Å². The van der Waals surface area contributed by atoms with Crippen molar-refractivity contribution >= 4 is 37.1 Å². The second-order valence-electron chi connectivity index (χ2n) is 10.3. The molecule has 4 rings (SSSR count). The second-order valence-corrected chi connectivity index (χ2v) is 15.5. The number of benzene rings is 4. The van der Waals surface area contributed by atoms with Crippen LogP contribution >= 0.6 is 15.8 Å². The summed E-state index contributed by atoms with van der Waals surface area (Å²) in [5.41, 5.74) is 0. The summed E-state index contributed by atoms with van der Waals surface area (Å²) in [5, 5.41) is 6.06. The SMILES string of the molecule is [CH2-]CCC(C)CC(C)C.[CH3-].[Ru+2].c1ccc([PH+](CC[PH+](c2ccccc2)c2ccccc2)c2ccccc2)cc1. The Labute approximate surface area is 255 Å². The fraction of sp³-hybridized carbons (Fsp3) is 0.278. The summed E-state index contributed by atoms with van der Waals surface area (Å²) in [5.74, 6) is 1.73. The average Bonchev–Trinajstić information content (AvgIpc) is 2.93. The van der Waals surface area contributed by atoms with Crippen LogP contribution in [0, 0.1) is 26.2 Å². The Balaban J connectivity index is 0.000000602. The monoisotopic (exact) mass is 644 g/mol. The van der Waals surface area contributed by atoms with Crippen molar-refractivity contribution in [1.82, 2.24) is 0 Å². The summed E-state index contributed by atoms with van der Waals surface area (Å²) in [6, 6.07) is 44.5. The Morgan fingerprint density at radius 3 is 1.05 bits per heavy atom. The third kappa shape index (κ3) is 12.6. The van der Waals surface area contributed by atoms with E-state index < -0.39 is 15.8 Å². The summed E-state index contributed by atoms with van der Waals surface area (Å²) < 4.78 is 0. The van der Waals surface area contributed by atoms with Crippen molar-refractivity contribution in [2.75, 3.05) is 12.3 Å². The van der Waals surface area contributed by atoms with E-state index in [1.807, 2.05) is 0 Å². The molecule has 0 aliphatic rings. The zero-order chi connectivity index (χ0) is 26.3. The molecule has 0 spiro atoms. The first-order chi connectivity index (χ1) is 18.1. The Morgan fingerprint density at radius 1 is 0.538 bits per heavy atom. The molecule has 0 bridgehead atoms. The van der Waals surface area contributed by atoms with Crippen molar-refractivity contribution in [3.8, 4) is 0 Å². The Morgan fingerprint density at radius 2 is 0.821 bits per heavy atom. The molecular weight excluding hydrogens is 595 g/mol. The van der Waals surface area contributed by atoms with E-state index in [1.54, 1.807) is 0 Å². The molecule has 0 saturated heterocycles. The van der Waals surface area contributed by atoms with Crippen LogP contribution in [0.3, 0.4) is 0 Å². The van der Waals surface area contributed by atoms with Crippen LogP contribution in [0.4, 0.5) is 0 Å². The molecule has 3 heteroatoms. The molecule has 0 N–H and O–H groups in total. The van der Waals surface area contributed by atoms with E-state index in [0.29, 0.717) is 0 Å². The smallest absolute Gasteiger partial charge is 0.358 e. The molecule has 0 amide bonds. The minimum Gasteiger partial charge on any atom is -0.358 e. The summed E-state index contributed by atoms with van der Waals surface area (Å²) in [4.78, 5) is 0. The Kier molecular flexibility index (Phi) is 18.4. The van der Waals surface area contributed by atoms with Gasteiger partial charge in [-0.2, -0.15) is 6.42 Å². The van der Waals surface area contributed by atoms with Crippen LogP contribution in [0.2, 0.25) is 0 Å². The van der Waals surface area contributed by atoms with Gasteiger partial charge in [0.1, 0.15) is 12.3 Å². The summed E-state index contributed by atoms with van der Waals surface area (Å²) in [6.45, 7) is 10.7. The second kappa shape index (κ2) is 20.3. The van der Waals surface area contributed by atoms with Gasteiger partial charge >= 0.3 is 19.5 Å². The van der Waals surface area contributed by atoms with Gasteiger partial charge in [-0.05, 0) is 66.8 Å². The first kappa shape index (κ1) is 35.4. The van der Waals surface area contributed by atoms with Gasteiger partial charge in [0.2, 0.25) is 0 Å². The first-order valence-electron chi connectivity index (χ1n) is 13.8. The van der Waals surface area contributed by atoms with Crippen molar-refractivity contribution in [3.63, 3.8) is 0 Å². The molecule has 0 aliphatic carbocycles. The van der Waals surface area contributed by atoms with Crippen molar-refractivity contribution in [2.45, 2.75) is 40.0 Å². The Bertz CT molecular complexity index is 940. The molecule has 0 fully saturated rings. The van der Waals surface area contributed by atoms with Gasteiger partial charge in [0, 0.05) is 0 Å². The van der Waals surface area contributed by atoms with Crippen LogP contribution in [0.1, 0.15) is 40.0 Å². The fourth-order valence-electron chi connectivity index (χ4n) is 4.99. The number of hydrogen-bond acceptors (Lipinski definition) is 0. The van der Waals surface area contributed by atoms with Gasteiger partial charge in [-0.3, -0.25) is 0 Å². The van der Waals surface area contributed by atoms with E-state index in [-0.39, 0.29) is 26.9 Å². The van der Waals surface area contributed by atoms with Crippen LogP contribution in [0.5, 0.6) is 0 Å². The van der Waals surface area contributed by atoms with E-state index >= 15 is 0 Å². The predicted octanol–water partition coefficient (Wildman–Crippen LogP) is 8.45. The molecule has 0 nitrogen and oxygen atoms in total. The molecule has 0 aliphatic heterocycles. The molecular formula is C36H48P2Ru+2. The molecule has 0 saturated carbocycles. The van der Waals surface area contributed by atoms with Crippen LogP contribution in [-0.4, -0.2) is 12.3 Å². The molecule has 4 aromatic carbocycles. The van der Waals surface area contributed by atoms with Gasteiger partial charge in [0.25, 0.3) is 0 Å². The standard InChI is InChI=1S/C26H24P2.C9H19.CH3.Ru/c1-5-13-23(14-6-1)27(24-15-7-2-8-16-24)21-22-28(25-17-9-3-10-18-25)26-19-11-4-12-20-26;1-5-6-9(4)7-8(2)3;;/h1-20H,21-22H2;8-9H,1,5-7H2,2-4H3;1H3;/q;2*-1;+2/p+2. The minimum atomic E-state index is -0.783. The van der Waals surface area contributed by atoms with Gasteiger partial charge in [0.15, 0.2) is 0 Å². The maximum Gasteiger partial charge on any atom is 2.00 e. The third-order valence-corrected chi connectivity index (χ3v) is 12.8. The van der Waals surface area contributed by atoms with Crippen molar-refractivity contribution < 1.29 is 19.5 Å². The van der Waals surface area contributed by atoms with E-state index in [2.05, 4.69) is 149 Å². The molecule has 0 aromatic heterocycles. The Hall–Kier alpha value is -1.64. The normalized spacial score (nSPS) is 11.3. The average molecular weight is 644 g/mol. The van der Waals surface area contributed by atoms with Crippen molar-refractivity contribution in [1.29, 1.82) is 0 Å². The fourth-order valence-corrected chi connectivity index (χ4v) is 11.2. The molecule has 39 heavy (non-hydrogen) atoms. The number of hydrogen-bond donors (Lipinski definition) is 0. The zero-order valence-corrected chi connectivity index (χ0v) is 28.0. The van der Waals surface area contributed by atoms with Crippen molar-refractivity contribution in [2.24, 2.45) is 11.8 Å². The molecule has 1 atom stereocenters. The quantitative estimate of drug-likeness (QED) is 0.0875. The first-order valence-corrected chi connectivity index (χ1v) is 17.2. The van der Waals surface area contributed by atoms with Crippen LogP contribution in [0.15, 0.2) is 121 Å². The third-order valence-electron chi connectivity index (χ3n) is 6.68. The predicted molar refractivity (Wildman–Crippen MR) is 180 cm³/mol. The van der Waals surface area contributed by atoms with Gasteiger partial charge in [-0.15, -0.1) is 0 Å². The molecule has 208 valence electrons. The van der Waals surface area contributed by atoms with E-state index in [1.165, 1.54) is 46.4 Å². The maximum atomic E-state index is 3.83. The van der Waals surface area contributed by atoms with Gasteiger partial charge in [0.05, 0.1) is 37.1 Å². The summed E-state index contributed by atoms with van der Waals surface area (Å²) >= 11 is 0. The largest absolute Gasteiger partial charge is 2.00 e. The van der Waals surface area contributed by atoms with Gasteiger partial charge in [-0.25, -0.2) is 0 Å². The minimum absolute atomic E-state index is 0.